The summed E-state index contributed by atoms with van der Waals surface area (Å²) in [5.74, 6) is 0.402. The first-order chi connectivity index (χ1) is 12.2. The molecule has 0 saturated heterocycles. The van der Waals surface area contributed by atoms with E-state index in [1.54, 1.807) is 13.0 Å². The molecule has 25 heavy (non-hydrogen) atoms. The van der Waals surface area contributed by atoms with Gasteiger partial charge in [0.25, 0.3) is 0 Å². The number of furan rings is 1. The number of hydrogen-bond donors (Lipinski definition) is 1. The van der Waals surface area contributed by atoms with Crippen molar-refractivity contribution in [2.24, 2.45) is 0 Å². The van der Waals surface area contributed by atoms with Crippen molar-refractivity contribution >= 4 is 11.7 Å². The van der Waals surface area contributed by atoms with Gasteiger partial charge in [-0.05, 0) is 48.4 Å². The van der Waals surface area contributed by atoms with Gasteiger partial charge in [-0.1, -0.05) is 24.3 Å². The number of anilines is 1. The predicted octanol–water partition coefficient (Wildman–Crippen LogP) is 4.28. The lowest BCUT2D eigenvalue weighted by molar-refractivity contribution is 0.0491. The normalized spacial score (nSPS) is 10.4. The first-order valence-electron chi connectivity index (χ1n) is 7.99. The molecule has 2 N–H and O–H groups in total. The first-order valence-corrected chi connectivity index (χ1v) is 7.99. The molecule has 3 aromatic rings. The fourth-order valence-corrected chi connectivity index (χ4v) is 2.49. The number of benzene rings is 2. The molecule has 2 aromatic carbocycles. The Morgan fingerprint density at radius 3 is 2.76 bits per heavy atom. The molecule has 0 saturated carbocycles. The molecule has 3 rings (SSSR count). The van der Waals surface area contributed by atoms with E-state index in [1.165, 1.54) is 6.26 Å². The Bertz CT molecular complexity index is 869. The molecule has 0 aliphatic heterocycles. The van der Waals surface area contributed by atoms with E-state index in [0.29, 0.717) is 30.2 Å². The minimum atomic E-state index is -0.478. The van der Waals surface area contributed by atoms with E-state index in [2.05, 4.69) is 0 Å². The second-order valence-corrected chi connectivity index (χ2v) is 5.45. The molecule has 5 nitrogen and oxygen atoms in total. The van der Waals surface area contributed by atoms with E-state index in [9.17, 15) is 4.79 Å². The van der Waals surface area contributed by atoms with Gasteiger partial charge in [0.2, 0.25) is 5.76 Å². The summed E-state index contributed by atoms with van der Waals surface area (Å²) in [6.45, 7) is 2.46. The molecule has 0 unspecified atom stereocenters. The molecule has 128 valence electrons. The van der Waals surface area contributed by atoms with E-state index >= 15 is 0 Å². The van der Waals surface area contributed by atoms with Crippen molar-refractivity contribution < 1.29 is 18.7 Å². The van der Waals surface area contributed by atoms with Crippen LogP contribution in [0.25, 0.3) is 11.1 Å². The highest BCUT2D eigenvalue weighted by Crippen LogP contribution is 2.29. The fraction of sp³-hybridized carbons (Fsp3) is 0.150. The second kappa shape index (κ2) is 7.57. The van der Waals surface area contributed by atoms with Gasteiger partial charge in [-0.3, -0.25) is 0 Å². The molecule has 0 aliphatic carbocycles. The number of nitrogen functional groups attached to an aromatic ring is 1. The number of esters is 1. The van der Waals surface area contributed by atoms with E-state index < -0.39 is 5.97 Å². The molecule has 0 radical (unpaired) electrons. The molecule has 0 atom stereocenters. The Kier molecular flexibility index (Phi) is 5.04. The Balaban J connectivity index is 1.78. The van der Waals surface area contributed by atoms with Gasteiger partial charge < -0.3 is 19.6 Å². The zero-order valence-electron chi connectivity index (χ0n) is 13.9. The highest BCUT2D eigenvalue weighted by Gasteiger charge is 2.18. The number of carbonyl (C=O) groups is 1. The van der Waals surface area contributed by atoms with Gasteiger partial charge in [-0.25, -0.2) is 4.79 Å². The number of hydrogen-bond acceptors (Lipinski definition) is 5. The Morgan fingerprint density at radius 1 is 1.12 bits per heavy atom. The number of rotatable bonds is 6. The van der Waals surface area contributed by atoms with Crippen molar-refractivity contribution in [1.82, 2.24) is 0 Å². The monoisotopic (exact) mass is 337 g/mol. The van der Waals surface area contributed by atoms with E-state index in [0.717, 1.165) is 11.1 Å². The molecule has 0 aliphatic rings. The lowest BCUT2D eigenvalue weighted by atomic mass is 10.1. The SMILES string of the molecule is CCOC(=O)c1occc1-c1cccc(OCc2cccc(N)c2)c1. The maximum absolute atomic E-state index is 12.0. The van der Waals surface area contributed by atoms with E-state index in [1.807, 2.05) is 48.5 Å². The highest BCUT2D eigenvalue weighted by atomic mass is 16.5. The van der Waals surface area contributed by atoms with Crippen molar-refractivity contribution in [1.29, 1.82) is 0 Å². The average Bonchev–Trinajstić information content (AvgIpc) is 3.10. The van der Waals surface area contributed by atoms with E-state index in [-0.39, 0.29) is 5.76 Å². The quantitative estimate of drug-likeness (QED) is 0.536. The zero-order chi connectivity index (χ0) is 17.6. The lowest BCUT2D eigenvalue weighted by Crippen LogP contribution is -2.04. The van der Waals surface area contributed by atoms with Crippen molar-refractivity contribution in [2.45, 2.75) is 13.5 Å². The maximum atomic E-state index is 12.0. The highest BCUT2D eigenvalue weighted by molar-refractivity contribution is 5.94. The molecular formula is C20H19NO4. The summed E-state index contributed by atoms with van der Waals surface area (Å²) in [6, 6.07) is 16.8. The zero-order valence-corrected chi connectivity index (χ0v) is 13.9. The number of ether oxygens (including phenoxy) is 2. The Hall–Kier alpha value is -3.21. The van der Waals surface area contributed by atoms with Gasteiger partial charge in [0.05, 0.1) is 12.9 Å². The number of nitrogens with two attached hydrogens (primary N) is 1. The van der Waals surface area contributed by atoms with Crippen LogP contribution in [0.4, 0.5) is 5.69 Å². The number of carbonyl (C=O) groups excluding carboxylic acids is 1. The van der Waals surface area contributed by atoms with Gasteiger partial charge in [0, 0.05) is 11.3 Å². The molecule has 0 amide bonds. The van der Waals surface area contributed by atoms with Crippen LogP contribution in [0.5, 0.6) is 5.75 Å². The lowest BCUT2D eigenvalue weighted by Gasteiger charge is -2.09. The summed E-state index contributed by atoms with van der Waals surface area (Å²) in [5.41, 5.74) is 8.96. The van der Waals surface area contributed by atoms with Gasteiger partial charge in [0.1, 0.15) is 12.4 Å². The third-order valence-corrected chi connectivity index (χ3v) is 3.63. The summed E-state index contributed by atoms with van der Waals surface area (Å²) >= 11 is 0. The molecule has 0 fully saturated rings. The van der Waals surface area contributed by atoms with Crippen LogP contribution >= 0.6 is 0 Å². The molecular weight excluding hydrogens is 318 g/mol. The minimum absolute atomic E-state index is 0.190. The summed E-state index contributed by atoms with van der Waals surface area (Å²) < 4.78 is 16.1. The van der Waals surface area contributed by atoms with Gasteiger partial charge >= 0.3 is 5.97 Å². The molecule has 0 spiro atoms. The molecule has 5 heteroatoms. The van der Waals surface area contributed by atoms with Crippen molar-refractivity contribution in [3.8, 4) is 16.9 Å². The van der Waals surface area contributed by atoms with Crippen LogP contribution in [-0.2, 0) is 11.3 Å². The maximum Gasteiger partial charge on any atom is 0.374 e. The van der Waals surface area contributed by atoms with Gasteiger partial charge in [-0.2, -0.15) is 0 Å². The van der Waals surface area contributed by atoms with Crippen LogP contribution in [0.2, 0.25) is 0 Å². The Morgan fingerprint density at radius 2 is 1.96 bits per heavy atom. The smallest absolute Gasteiger partial charge is 0.374 e. The summed E-state index contributed by atoms with van der Waals surface area (Å²) in [5, 5.41) is 0. The van der Waals surface area contributed by atoms with Crippen LogP contribution in [0.1, 0.15) is 23.0 Å². The molecule has 1 aromatic heterocycles. The third-order valence-electron chi connectivity index (χ3n) is 3.63. The average molecular weight is 337 g/mol. The third kappa shape index (κ3) is 4.01. The van der Waals surface area contributed by atoms with Crippen LogP contribution in [0.15, 0.2) is 65.3 Å². The van der Waals surface area contributed by atoms with Crippen LogP contribution in [-0.4, -0.2) is 12.6 Å². The van der Waals surface area contributed by atoms with Gasteiger partial charge in [0.15, 0.2) is 0 Å². The largest absolute Gasteiger partial charge is 0.489 e. The second-order valence-electron chi connectivity index (χ2n) is 5.45. The summed E-state index contributed by atoms with van der Waals surface area (Å²) in [4.78, 5) is 12.0. The summed E-state index contributed by atoms with van der Waals surface area (Å²) in [6.07, 6.45) is 1.47. The molecule has 1 heterocycles. The summed E-state index contributed by atoms with van der Waals surface area (Å²) in [7, 11) is 0. The van der Waals surface area contributed by atoms with Crippen molar-refractivity contribution in [3.05, 3.63) is 72.2 Å². The Labute approximate surface area is 146 Å². The standard InChI is InChI=1S/C20H19NO4/c1-2-23-20(22)19-18(9-10-24-19)15-6-4-8-17(12-15)25-13-14-5-3-7-16(21)11-14/h3-12H,2,13,21H2,1H3. The van der Waals surface area contributed by atoms with E-state index in [4.69, 9.17) is 19.6 Å². The fourth-order valence-electron chi connectivity index (χ4n) is 2.49. The van der Waals surface area contributed by atoms with Crippen LogP contribution in [0.3, 0.4) is 0 Å². The van der Waals surface area contributed by atoms with Crippen molar-refractivity contribution in [3.63, 3.8) is 0 Å². The van der Waals surface area contributed by atoms with Gasteiger partial charge in [-0.15, -0.1) is 0 Å². The predicted molar refractivity (Wildman–Crippen MR) is 95.3 cm³/mol. The molecule has 0 bridgehead atoms. The van der Waals surface area contributed by atoms with Crippen molar-refractivity contribution in [2.75, 3.05) is 12.3 Å². The minimum Gasteiger partial charge on any atom is -0.489 e. The first kappa shape index (κ1) is 16.6. The van der Waals surface area contributed by atoms with Crippen LogP contribution < -0.4 is 10.5 Å². The van der Waals surface area contributed by atoms with Crippen LogP contribution in [0, 0.1) is 0 Å². The topological polar surface area (TPSA) is 74.7 Å².